The molecule has 1 aliphatic carbocycles. The number of benzene rings is 2. The third kappa shape index (κ3) is 4.34. The second-order valence-electron chi connectivity index (χ2n) is 7.06. The molecule has 1 saturated carbocycles. The van der Waals surface area contributed by atoms with Crippen LogP contribution in [0, 0.1) is 5.92 Å². The second kappa shape index (κ2) is 7.76. The molecule has 1 atom stereocenters. The number of amides is 2. The first-order valence-corrected chi connectivity index (χ1v) is 9.37. The largest absolute Gasteiger partial charge is 0.454 e. The van der Waals surface area contributed by atoms with Gasteiger partial charge >= 0.3 is 0 Å². The minimum absolute atomic E-state index is 0.0859. The first-order chi connectivity index (χ1) is 13.6. The number of hydrogen-bond donors (Lipinski definition) is 2. The van der Waals surface area contributed by atoms with Gasteiger partial charge in [-0.3, -0.25) is 9.59 Å². The fraction of sp³-hybridized carbons (Fsp3) is 0.273. The Morgan fingerprint density at radius 2 is 1.82 bits per heavy atom. The van der Waals surface area contributed by atoms with E-state index in [1.54, 1.807) is 6.08 Å². The highest BCUT2D eigenvalue weighted by molar-refractivity contribution is 5.94. The lowest BCUT2D eigenvalue weighted by Gasteiger charge is -2.14. The van der Waals surface area contributed by atoms with E-state index in [-0.39, 0.29) is 30.6 Å². The number of rotatable bonds is 6. The van der Waals surface area contributed by atoms with E-state index in [4.69, 9.17) is 9.47 Å². The summed E-state index contributed by atoms with van der Waals surface area (Å²) in [6.45, 7) is 2.15. The number of fused-ring (bicyclic) bond motifs is 1. The molecule has 2 N–H and O–H groups in total. The van der Waals surface area contributed by atoms with E-state index < -0.39 is 0 Å². The molecular weight excluding hydrogens is 356 g/mol. The number of carbonyl (C=O) groups is 2. The summed E-state index contributed by atoms with van der Waals surface area (Å²) >= 11 is 0. The maximum Gasteiger partial charge on any atom is 0.244 e. The molecule has 2 aliphatic rings. The Balaban J connectivity index is 1.31. The lowest BCUT2D eigenvalue weighted by Crippen LogP contribution is -2.24. The van der Waals surface area contributed by atoms with Crippen LogP contribution >= 0.6 is 0 Å². The fourth-order valence-electron chi connectivity index (χ4n) is 2.98. The quantitative estimate of drug-likeness (QED) is 0.752. The molecule has 0 spiro atoms. The highest BCUT2D eigenvalue weighted by atomic mass is 16.7. The Kier molecular flexibility index (Phi) is 5.02. The lowest BCUT2D eigenvalue weighted by molar-refractivity contribution is -0.118. The van der Waals surface area contributed by atoms with Gasteiger partial charge in [0.05, 0.1) is 6.04 Å². The Morgan fingerprint density at radius 1 is 1.07 bits per heavy atom. The van der Waals surface area contributed by atoms with Gasteiger partial charge in [0, 0.05) is 17.7 Å². The number of carbonyl (C=O) groups excluding carboxylic acids is 2. The van der Waals surface area contributed by atoms with Crippen molar-refractivity contribution in [1.29, 1.82) is 0 Å². The summed E-state index contributed by atoms with van der Waals surface area (Å²) in [7, 11) is 0. The Hall–Kier alpha value is -3.28. The van der Waals surface area contributed by atoms with Gasteiger partial charge in [-0.1, -0.05) is 18.2 Å². The van der Waals surface area contributed by atoms with Crippen LogP contribution in [0.3, 0.4) is 0 Å². The fourth-order valence-corrected chi connectivity index (χ4v) is 2.98. The van der Waals surface area contributed by atoms with Gasteiger partial charge < -0.3 is 20.1 Å². The average Bonchev–Trinajstić information content (AvgIpc) is 3.45. The summed E-state index contributed by atoms with van der Waals surface area (Å²) < 4.78 is 10.6. The third-order valence-electron chi connectivity index (χ3n) is 4.81. The minimum Gasteiger partial charge on any atom is -0.454 e. The monoisotopic (exact) mass is 378 g/mol. The molecule has 0 bridgehead atoms. The zero-order valence-corrected chi connectivity index (χ0v) is 15.6. The molecule has 0 saturated heterocycles. The Morgan fingerprint density at radius 3 is 2.57 bits per heavy atom. The predicted octanol–water partition coefficient (Wildman–Crippen LogP) is 3.65. The van der Waals surface area contributed by atoms with Crippen LogP contribution in [-0.4, -0.2) is 18.6 Å². The summed E-state index contributed by atoms with van der Waals surface area (Å²) in [5.41, 5.74) is 2.61. The molecule has 6 heteroatoms. The molecule has 1 unspecified atom stereocenters. The van der Waals surface area contributed by atoms with Crippen LogP contribution in [0.15, 0.2) is 48.5 Å². The summed E-state index contributed by atoms with van der Waals surface area (Å²) in [6.07, 6.45) is 5.19. The van der Waals surface area contributed by atoms with Crippen LogP contribution in [0.25, 0.3) is 6.08 Å². The van der Waals surface area contributed by atoms with Crippen LogP contribution in [0.5, 0.6) is 11.5 Å². The lowest BCUT2D eigenvalue weighted by atomic mass is 10.1. The van der Waals surface area contributed by atoms with E-state index in [0.29, 0.717) is 11.5 Å². The first-order valence-electron chi connectivity index (χ1n) is 9.37. The molecular formula is C22H22N2O4. The van der Waals surface area contributed by atoms with Gasteiger partial charge in [-0.25, -0.2) is 0 Å². The molecule has 1 heterocycles. The first kappa shape index (κ1) is 18.1. The number of nitrogens with one attached hydrogen (secondary N) is 2. The van der Waals surface area contributed by atoms with Crippen molar-refractivity contribution in [3.63, 3.8) is 0 Å². The molecule has 2 aromatic carbocycles. The van der Waals surface area contributed by atoms with Gasteiger partial charge in [-0.15, -0.1) is 0 Å². The molecule has 0 aromatic heterocycles. The minimum atomic E-state index is -0.184. The van der Waals surface area contributed by atoms with Gasteiger partial charge in [-0.2, -0.15) is 0 Å². The van der Waals surface area contributed by atoms with Crippen LogP contribution < -0.4 is 20.1 Å². The van der Waals surface area contributed by atoms with Gasteiger partial charge in [0.15, 0.2) is 11.5 Å². The van der Waals surface area contributed by atoms with Gasteiger partial charge in [-0.05, 0) is 61.2 Å². The topological polar surface area (TPSA) is 76.7 Å². The van der Waals surface area contributed by atoms with Crippen LogP contribution in [0.4, 0.5) is 5.69 Å². The average molecular weight is 378 g/mol. The molecule has 1 aliphatic heterocycles. The van der Waals surface area contributed by atoms with Crippen molar-refractivity contribution < 1.29 is 19.1 Å². The molecule has 28 heavy (non-hydrogen) atoms. The molecule has 0 radical (unpaired) electrons. The van der Waals surface area contributed by atoms with E-state index in [0.717, 1.165) is 29.7 Å². The maximum atomic E-state index is 12.2. The van der Waals surface area contributed by atoms with Crippen molar-refractivity contribution in [2.45, 2.75) is 25.8 Å². The van der Waals surface area contributed by atoms with Crippen molar-refractivity contribution >= 4 is 23.6 Å². The molecule has 2 amide bonds. The third-order valence-corrected chi connectivity index (χ3v) is 4.81. The Labute approximate surface area is 163 Å². The van der Waals surface area contributed by atoms with Crippen LogP contribution in [-0.2, 0) is 9.59 Å². The van der Waals surface area contributed by atoms with Gasteiger partial charge in [0.1, 0.15) is 0 Å². The summed E-state index contributed by atoms with van der Waals surface area (Å²) in [4.78, 5) is 24.0. The molecule has 1 fully saturated rings. The van der Waals surface area contributed by atoms with Gasteiger partial charge in [0.2, 0.25) is 18.6 Å². The smallest absolute Gasteiger partial charge is 0.244 e. The highest BCUT2D eigenvalue weighted by Gasteiger charge is 2.29. The predicted molar refractivity (Wildman–Crippen MR) is 106 cm³/mol. The van der Waals surface area contributed by atoms with Crippen molar-refractivity contribution in [2.24, 2.45) is 5.92 Å². The van der Waals surface area contributed by atoms with E-state index >= 15 is 0 Å². The molecule has 2 aromatic rings. The van der Waals surface area contributed by atoms with Crippen LogP contribution in [0.1, 0.15) is 36.9 Å². The SMILES string of the molecule is CC(NC(=O)C=Cc1ccc2c(c1)OCO2)c1ccc(NC(=O)C2CC2)cc1. The normalized spacial score (nSPS) is 16.0. The van der Waals surface area contributed by atoms with Crippen molar-refractivity contribution in [1.82, 2.24) is 5.32 Å². The zero-order valence-electron chi connectivity index (χ0n) is 15.6. The Bertz CT molecular complexity index is 917. The van der Waals surface area contributed by atoms with Gasteiger partial charge in [0.25, 0.3) is 0 Å². The standard InChI is InChI=1S/C22H22N2O4/c1-14(16-6-8-18(9-7-16)24-22(26)17-4-5-17)23-21(25)11-3-15-2-10-19-20(12-15)28-13-27-19/h2-3,6-12,14,17H,4-5,13H2,1H3,(H,23,25)(H,24,26). The number of ether oxygens (including phenoxy) is 2. The van der Waals surface area contributed by atoms with E-state index in [1.807, 2.05) is 49.4 Å². The van der Waals surface area contributed by atoms with E-state index in [2.05, 4.69) is 10.6 Å². The van der Waals surface area contributed by atoms with Crippen LogP contribution in [0.2, 0.25) is 0 Å². The summed E-state index contributed by atoms with van der Waals surface area (Å²) in [5.74, 6) is 1.48. The highest BCUT2D eigenvalue weighted by Crippen LogP contribution is 2.33. The molecule has 4 rings (SSSR count). The zero-order chi connectivity index (χ0) is 19.5. The number of anilines is 1. The summed E-state index contributed by atoms with van der Waals surface area (Å²) in [5, 5.41) is 5.85. The van der Waals surface area contributed by atoms with Crippen molar-refractivity contribution in [3.05, 3.63) is 59.7 Å². The molecule has 6 nitrogen and oxygen atoms in total. The van der Waals surface area contributed by atoms with E-state index in [1.165, 1.54) is 6.08 Å². The molecule has 144 valence electrons. The maximum absolute atomic E-state index is 12.2. The van der Waals surface area contributed by atoms with Crippen molar-refractivity contribution in [2.75, 3.05) is 12.1 Å². The number of hydrogen-bond acceptors (Lipinski definition) is 4. The van der Waals surface area contributed by atoms with Crippen molar-refractivity contribution in [3.8, 4) is 11.5 Å². The summed E-state index contributed by atoms with van der Waals surface area (Å²) in [6, 6.07) is 12.9. The second-order valence-corrected chi connectivity index (χ2v) is 7.06. The van der Waals surface area contributed by atoms with E-state index in [9.17, 15) is 9.59 Å².